The van der Waals surface area contributed by atoms with Crippen LogP contribution in [0.2, 0.25) is 0 Å². The van der Waals surface area contributed by atoms with Crippen molar-refractivity contribution in [3.05, 3.63) is 24.3 Å². The van der Waals surface area contributed by atoms with E-state index in [1.165, 1.54) is 0 Å². The monoisotopic (exact) mass is 305 g/mol. The Labute approximate surface area is 130 Å². The fraction of sp³-hybridized carbons (Fsp3) is 0.500. The quantitative estimate of drug-likeness (QED) is 0.850. The number of benzene rings is 1. The third-order valence-corrected chi connectivity index (χ3v) is 3.96. The summed E-state index contributed by atoms with van der Waals surface area (Å²) in [6.45, 7) is 2.99. The van der Waals surface area contributed by atoms with Gasteiger partial charge in [-0.05, 0) is 25.5 Å². The van der Waals surface area contributed by atoms with Gasteiger partial charge in [0.25, 0.3) is 5.91 Å². The van der Waals surface area contributed by atoms with Gasteiger partial charge in [-0.25, -0.2) is 0 Å². The molecule has 1 atom stereocenters. The molecule has 6 nitrogen and oxygen atoms in total. The Morgan fingerprint density at radius 3 is 2.91 bits per heavy atom. The Kier molecular flexibility index (Phi) is 5.38. The summed E-state index contributed by atoms with van der Waals surface area (Å²) in [4.78, 5) is 27.1. The van der Waals surface area contributed by atoms with Gasteiger partial charge < -0.3 is 20.3 Å². The van der Waals surface area contributed by atoms with E-state index in [1.54, 1.807) is 29.0 Å². The number of rotatable bonds is 6. The zero-order chi connectivity index (χ0) is 16.1. The number of likely N-dealkylation sites (N-methyl/N-ethyl adjacent to an activating group) is 1. The van der Waals surface area contributed by atoms with Crippen LogP contribution in [0.3, 0.4) is 0 Å². The van der Waals surface area contributed by atoms with E-state index in [1.807, 2.05) is 19.1 Å². The number of nitrogens with zero attached hydrogens (tertiary/aromatic N) is 2. The van der Waals surface area contributed by atoms with Gasteiger partial charge >= 0.3 is 0 Å². The third kappa shape index (κ3) is 3.76. The predicted octanol–water partition coefficient (Wildman–Crippen LogP) is 0.998. The molecule has 0 bridgehead atoms. The Hall–Kier alpha value is -2.08. The molecule has 2 amide bonds. The number of carbonyl (C=O) groups excluding carboxylic acids is 2. The van der Waals surface area contributed by atoms with Crippen molar-refractivity contribution in [1.29, 1.82) is 0 Å². The molecule has 2 N–H and O–H groups in total. The fourth-order valence-electron chi connectivity index (χ4n) is 2.31. The van der Waals surface area contributed by atoms with Crippen molar-refractivity contribution >= 4 is 17.5 Å². The Morgan fingerprint density at radius 2 is 2.27 bits per heavy atom. The SMILES string of the molecule is CC(CN)N(C)C(=O)COc1cccc(N2CCCC2=O)c1. The van der Waals surface area contributed by atoms with Crippen LogP contribution in [0.5, 0.6) is 5.75 Å². The van der Waals surface area contributed by atoms with Crippen LogP contribution >= 0.6 is 0 Å². The summed E-state index contributed by atoms with van der Waals surface area (Å²) in [5.74, 6) is 0.588. The molecule has 0 aromatic heterocycles. The van der Waals surface area contributed by atoms with Gasteiger partial charge in [0.15, 0.2) is 6.61 Å². The van der Waals surface area contributed by atoms with Gasteiger partial charge in [0.1, 0.15) is 5.75 Å². The maximum Gasteiger partial charge on any atom is 0.260 e. The average molecular weight is 305 g/mol. The van der Waals surface area contributed by atoms with Crippen LogP contribution in [0, 0.1) is 0 Å². The second-order valence-corrected chi connectivity index (χ2v) is 5.52. The van der Waals surface area contributed by atoms with Crippen LogP contribution in [0.15, 0.2) is 24.3 Å². The van der Waals surface area contributed by atoms with Gasteiger partial charge in [0, 0.05) is 44.4 Å². The number of hydrogen-bond acceptors (Lipinski definition) is 4. The summed E-state index contributed by atoms with van der Waals surface area (Å²) in [6, 6.07) is 7.25. The van der Waals surface area contributed by atoms with Crippen LogP contribution in [0.1, 0.15) is 19.8 Å². The molecule has 1 fully saturated rings. The van der Waals surface area contributed by atoms with Crippen molar-refractivity contribution in [2.45, 2.75) is 25.8 Å². The summed E-state index contributed by atoms with van der Waals surface area (Å²) in [5.41, 5.74) is 6.36. The minimum Gasteiger partial charge on any atom is -0.484 e. The summed E-state index contributed by atoms with van der Waals surface area (Å²) in [6.07, 6.45) is 1.47. The molecule has 1 aliphatic heterocycles. The number of hydrogen-bond donors (Lipinski definition) is 1. The zero-order valence-electron chi connectivity index (χ0n) is 13.1. The minimum absolute atomic E-state index is 0.0235. The van der Waals surface area contributed by atoms with Crippen molar-refractivity contribution in [3.8, 4) is 5.75 Å². The average Bonchev–Trinajstić information content (AvgIpc) is 2.97. The second-order valence-electron chi connectivity index (χ2n) is 5.52. The van der Waals surface area contributed by atoms with E-state index in [0.717, 1.165) is 18.7 Å². The van der Waals surface area contributed by atoms with Gasteiger partial charge in [0.05, 0.1) is 0 Å². The highest BCUT2D eigenvalue weighted by Gasteiger charge is 2.22. The van der Waals surface area contributed by atoms with E-state index >= 15 is 0 Å². The summed E-state index contributed by atoms with van der Waals surface area (Å²) in [7, 11) is 1.71. The van der Waals surface area contributed by atoms with E-state index < -0.39 is 0 Å². The third-order valence-electron chi connectivity index (χ3n) is 3.96. The van der Waals surface area contributed by atoms with E-state index in [0.29, 0.717) is 18.7 Å². The van der Waals surface area contributed by atoms with Crippen molar-refractivity contribution in [1.82, 2.24) is 4.90 Å². The van der Waals surface area contributed by atoms with E-state index in [-0.39, 0.29) is 24.5 Å². The topological polar surface area (TPSA) is 75.9 Å². The maximum atomic E-state index is 12.0. The van der Waals surface area contributed by atoms with Crippen LogP contribution < -0.4 is 15.4 Å². The lowest BCUT2D eigenvalue weighted by atomic mass is 10.2. The molecule has 1 aromatic rings. The first-order valence-corrected chi connectivity index (χ1v) is 7.52. The summed E-state index contributed by atoms with van der Waals surface area (Å²) >= 11 is 0. The van der Waals surface area contributed by atoms with Crippen LogP contribution in [0.4, 0.5) is 5.69 Å². The first kappa shape index (κ1) is 16.3. The molecular weight excluding hydrogens is 282 g/mol. The van der Waals surface area contributed by atoms with Gasteiger partial charge in [-0.2, -0.15) is 0 Å². The normalized spacial score (nSPS) is 15.8. The molecule has 0 radical (unpaired) electrons. The molecule has 1 aromatic carbocycles. The van der Waals surface area contributed by atoms with E-state index in [9.17, 15) is 9.59 Å². The number of anilines is 1. The second kappa shape index (κ2) is 7.26. The number of amides is 2. The Morgan fingerprint density at radius 1 is 1.50 bits per heavy atom. The zero-order valence-corrected chi connectivity index (χ0v) is 13.1. The lowest BCUT2D eigenvalue weighted by Gasteiger charge is -2.23. The summed E-state index contributed by atoms with van der Waals surface area (Å²) in [5, 5.41) is 0. The molecule has 0 saturated carbocycles. The molecule has 1 aliphatic rings. The van der Waals surface area contributed by atoms with Crippen LogP contribution in [-0.4, -0.2) is 49.5 Å². The van der Waals surface area contributed by atoms with Gasteiger partial charge in [-0.3, -0.25) is 9.59 Å². The molecule has 120 valence electrons. The standard InChI is InChI=1S/C16H23N3O3/c1-12(10-17)18(2)16(21)11-22-14-6-3-5-13(9-14)19-8-4-7-15(19)20/h3,5-6,9,12H,4,7-8,10-11,17H2,1-2H3. The van der Waals surface area contributed by atoms with Gasteiger partial charge in [-0.15, -0.1) is 0 Å². The lowest BCUT2D eigenvalue weighted by molar-refractivity contribution is -0.133. The first-order valence-electron chi connectivity index (χ1n) is 7.52. The highest BCUT2D eigenvalue weighted by molar-refractivity contribution is 5.95. The molecular formula is C16H23N3O3. The smallest absolute Gasteiger partial charge is 0.260 e. The van der Waals surface area contributed by atoms with Crippen molar-refractivity contribution in [2.75, 3.05) is 31.6 Å². The lowest BCUT2D eigenvalue weighted by Crippen LogP contribution is -2.42. The Balaban J connectivity index is 1.96. The minimum atomic E-state index is -0.124. The molecule has 1 heterocycles. The van der Waals surface area contributed by atoms with E-state index in [4.69, 9.17) is 10.5 Å². The number of nitrogens with two attached hydrogens (primary N) is 1. The van der Waals surface area contributed by atoms with Crippen molar-refractivity contribution in [2.24, 2.45) is 5.73 Å². The molecule has 1 saturated heterocycles. The Bertz CT molecular complexity index is 547. The fourth-order valence-corrected chi connectivity index (χ4v) is 2.31. The van der Waals surface area contributed by atoms with Crippen molar-refractivity contribution in [3.63, 3.8) is 0 Å². The van der Waals surface area contributed by atoms with Gasteiger partial charge in [-0.1, -0.05) is 6.07 Å². The van der Waals surface area contributed by atoms with Gasteiger partial charge in [0.2, 0.25) is 5.91 Å². The number of carbonyl (C=O) groups is 2. The first-order chi connectivity index (χ1) is 10.5. The van der Waals surface area contributed by atoms with Crippen LogP contribution in [0.25, 0.3) is 0 Å². The van der Waals surface area contributed by atoms with Crippen LogP contribution in [-0.2, 0) is 9.59 Å². The molecule has 22 heavy (non-hydrogen) atoms. The molecule has 2 rings (SSSR count). The van der Waals surface area contributed by atoms with Crippen molar-refractivity contribution < 1.29 is 14.3 Å². The predicted molar refractivity (Wildman–Crippen MR) is 84.8 cm³/mol. The largest absolute Gasteiger partial charge is 0.484 e. The highest BCUT2D eigenvalue weighted by Crippen LogP contribution is 2.25. The molecule has 0 spiro atoms. The molecule has 0 aliphatic carbocycles. The summed E-state index contributed by atoms with van der Waals surface area (Å²) < 4.78 is 5.55. The van der Waals surface area contributed by atoms with E-state index in [2.05, 4.69) is 0 Å². The molecule has 6 heteroatoms. The highest BCUT2D eigenvalue weighted by atomic mass is 16.5. The maximum absolute atomic E-state index is 12.0. The number of ether oxygens (including phenoxy) is 1. The molecule has 1 unspecified atom stereocenters.